The molecule has 3 aromatic rings. The first-order chi connectivity index (χ1) is 17.8. The maximum Gasteiger partial charge on any atom is 0.255 e. The second-order valence-corrected chi connectivity index (χ2v) is 9.84. The number of carbonyl (C=O) groups is 4. The number of hydrogen-bond acceptors (Lipinski definition) is 5. The second kappa shape index (κ2) is 8.72. The van der Waals surface area contributed by atoms with Gasteiger partial charge in [0.05, 0.1) is 5.69 Å². The van der Waals surface area contributed by atoms with Crippen LogP contribution in [0.15, 0.2) is 42.6 Å². The van der Waals surface area contributed by atoms with E-state index in [0.29, 0.717) is 43.0 Å². The van der Waals surface area contributed by atoms with Crippen LogP contribution in [-0.4, -0.2) is 70.2 Å². The van der Waals surface area contributed by atoms with Gasteiger partial charge in [-0.1, -0.05) is 0 Å². The fourth-order valence-electron chi connectivity index (χ4n) is 5.57. The molecule has 3 aliphatic rings. The third-order valence-corrected chi connectivity index (χ3v) is 7.63. The van der Waals surface area contributed by atoms with Gasteiger partial charge in [-0.15, -0.1) is 0 Å². The van der Waals surface area contributed by atoms with E-state index in [2.05, 4.69) is 5.32 Å². The predicted octanol–water partition coefficient (Wildman–Crippen LogP) is 2.04. The normalized spacial score (nSPS) is 20.0. The number of piperidine rings is 1. The van der Waals surface area contributed by atoms with Crippen molar-refractivity contribution in [2.45, 2.75) is 25.4 Å². The summed E-state index contributed by atoms with van der Waals surface area (Å²) in [6, 6.07) is 9.83. The molecule has 3 aliphatic heterocycles. The Bertz CT molecular complexity index is 1470. The largest absolute Gasteiger partial charge is 0.366 e. The molecular weight excluding hydrogens is 477 g/mol. The summed E-state index contributed by atoms with van der Waals surface area (Å²) in [5.74, 6) is -1.81. The van der Waals surface area contributed by atoms with Crippen LogP contribution in [0.3, 0.4) is 0 Å². The Hall–Kier alpha value is -4.21. The van der Waals surface area contributed by atoms with Crippen molar-refractivity contribution >= 4 is 40.2 Å². The number of amides is 4. The smallest absolute Gasteiger partial charge is 0.255 e. The van der Waals surface area contributed by atoms with E-state index in [-0.39, 0.29) is 36.8 Å². The lowest BCUT2D eigenvalue weighted by molar-refractivity contribution is -0.136. The van der Waals surface area contributed by atoms with Gasteiger partial charge in [0.2, 0.25) is 11.8 Å². The standard InChI is InChI=1S/C27H26FN5O4/c1-30-7-6-16-12-17(2-3-21(16)30)26(36)32-10-8-31(9-11-32)23-13-18-15-33(27(37)19(18)14-20(23)28)22-4-5-24(34)29-25(22)35/h2-3,6-7,12-14,22H,4-5,8-11,15H2,1H3,(H,29,34,35). The first-order valence-electron chi connectivity index (χ1n) is 12.4. The van der Waals surface area contributed by atoms with E-state index in [1.807, 2.05) is 47.0 Å². The molecule has 2 aromatic carbocycles. The van der Waals surface area contributed by atoms with E-state index in [9.17, 15) is 19.2 Å². The highest BCUT2D eigenvalue weighted by molar-refractivity contribution is 6.05. The molecule has 1 aromatic heterocycles. The van der Waals surface area contributed by atoms with Gasteiger partial charge in [-0.2, -0.15) is 0 Å². The molecule has 0 spiro atoms. The highest BCUT2D eigenvalue weighted by atomic mass is 19.1. The molecule has 9 nitrogen and oxygen atoms in total. The number of rotatable bonds is 3. The minimum atomic E-state index is -0.742. The number of nitrogens with zero attached hydrogens (tertiary/aromatic N) is 4. The zero-order valence-corrected chi connectivity index (χ0v) is 20.4. The molecule has 1 N–H and O–H groups in total. The number of nitrogens with one attached hydrogen (secondary N) is 1. The Morgan fingerprint density at radius 3 is 2.57 bits per heavy atom. The summed E-state index contributed by atoms with van der Waals surface area (Å²) in [7, 11) is 1.96. The van der Waals surface area contributed by atoms with E-state index >= 15 is 4.39 Å². The van der Waals surface area contributed by atoms with Gasteiger partial charge >= 0.3 is 0 Å². The fourth-order valence-corrected chi connectivity index (χ4v) is 5.57. The van der Waals surface area contributed by atoms with Gasteiger partial charge in [0.15, 0.2) is 0 Å². The minimum Gasteiger partial charge on any atom is -0.366 e. The predicted molar refractivity (Wildman–Crippen MR) is 133 cm³/mol. The van der Waals surface area contributed by atoms with Crippen LogP contribution in [0.2, 0.25) is 0 Å². The number of aryl methyl sites for hydroxylation is 1. The summed E-state index contributed by atoms with van der Waals surface area (Å²) < 4.78 is 17.2. The first-order valence-corrected chi connectivity index (χ1v) is 12.4. The van der Waals surface area contributed by atoms with E-state index in [1.165, 1.54) is 11.0 Å². The van der Waals surface area contributed by atoms with Crippen LogP contribution in [0.1, 0.15) is 39.1 Å². The quantitative estimate of drug-likeness (QED) is 0.552. The Balaban J connectivity index is 1.15. The van der Waals surface area contributed by atoms with Crippen molar-refractivity contribution < 1.29 is 23.6 Å². The Morgan fingerprint density at radius 2 is 1.81 bits per heavy atom. The molecule has 2 saturated heterocycles. The van der Waals surface area contributed by atoms with Crippen LogP contribution in [0.5, 0.6) is 0 Å². The third kappa shape index (κ3) is 3.92. The minimum absolute atomic E-state index is 0.0506. The van der Waals surface area contributed by atoms with Crippen molar-refractivity contribution in [2.75, 3.05) is 31.1 Å². The monoisotopic (exact) mass is 503 g/mol. The molecule has 0 saturated carbocycles. The molecule has 0 radical (unpaired) electrons. The van der Waals surface area contributed by atoms with Gasteiger partial charge in [0.1, 0.15) is 11.9 Å². The zero-order valence-electron chi connectivity index (χ0n) is 20.4. The highest BCUT2D eigenvalue weighted by Gasteiger charge is 2.40. The lowest BCUT2D eigenvalue weighted by atomic mass is 10.0. The molecular formula is C27H26FN5O4. The summed E-state index contributed by atoms with van der Waals surface area (Å²) in [4.78, 5) is 54.9. The highest BCUT2D eigenvalue weighted by Crippen LogP contribution is 2.33. The molecule has 4 heterocycles. The summed E-state index contributed by atoms with van der Waals surface area (Å²) in [5.41, 5.74) is 2.97. The molecule has 1 atom stereocenters. The molecule has 37 heavy (non-hydrogen) atoms. The topological polar surface area (TPSA) is 95.0 Å². The van der Waals surface area contributed by atoms with Crippen molar-refractivity contribution in [2.24, 2.45) is 7.05 Å². The number of benzene rings is 2. The molecule has 190 valence electrons. The maximum atomic E-state index is 15.2. The van der Waals surface area contributed by atoms with Gasteiger partial charge in [-0.25, -0.2) is 4.39 Å². The maximum absolute atomic E-state index is 15.2. The van der Waals surface area contributed by atoms with Crippen molar-refractivity contribution in [3.63, 3.8) is 0 Å². The Morgan fingerprint density at radius 1 is 1.03 bits per heavy atom. The van der Waals surface area contributed by atoms with Crippen LogP contribution in [0, 0.1) is 5.82 Å². The van der Waals surface area contributed by atoms with Crippen molar-refractivity contribution in [1.82, 2.24) is 19.7 Å². The molecule has 0 aliphatic carbocycles. The number of anilines is 1. The van der Waals surface area contributed by atoms with E-state index in [4.69, 9.17) is 0 Å². The van der Waals surface area contributed by atoms with E-state index in [0.717, 1.165) is 10.9 Å². The van der Waals surface area contributed by atoms with Gasteiger partial charge in [0, 0.05) is 74.4 Å². The first kappa shape index (κ1) is 23.2. The second-order valence-electron chi connectivity index (χ2n) is 9.84. The van der Waals surface area contributed by atoms with Crippen LogP contribution in [-0.2, 0) is 23.2 Å². The van der Waals surface area contributed by atoms with Crippen molar-refractivity contribution in [3.8, 4) is 0 Å². The van der Waals surface area contributed by atoms with Gasteiger partial charge in [0.25, 0.3) is 11.8 Å². The lowest BCUT2D eigenvalue weighted by Crippen LogP contribution is -2.52. The number of aromatic nitrogens is 1. The number of imide groups is 1. The van der Waals surface area contributed by atoms with Gasteiger partial charge in [-0.05, 0) is 48.4 Å². The molecule has 4 amide bonds. The van der Waals surface area contributed by atoms with Crippen LogP contribution in [0.4, 0.5) is 10.1 Å². The van der Waals surface area contributed by atoms with E-state index < -0.39 is 23.7 Å². The summed E-state index contributed by atoms with van der Waals surface area (Å²) in [6.45, 7) is 2.00. The Labute approximate surface area is 212 Å². The van der Waals surface area contributed by atoms with Gasteiger partial charge < -0.3 is 19.3 Å². The average molecular weight is 504 g/mol. The Kier molecular flexibility index (Phi) is 5.47. The summed E-state index contributed by atoms with van der Waals surface area (Å²) in [6.07, 6.45) is 2.38. The van der Waals surface area contributed by atoms with Gasteiger partial charge in [-0.3, -0.25) is 24.5 Å². The average Bonchev–Trinajstić information content (AvgIpc) is 3.42. The molecule has 6 rings (SSSR count). The number of piperazine rings is 1. The van der Waals surface area contributed by atoms with Crippen molar-refractivity contribution in [3.05, 3.63) is 65.1 Å². The van der Waals surface area contributed by atoms with Crippen LogP contribution < -0.4 is 10.2 Å². The summed E-state index contributed by atoms with van der Waals surface area (Å²) in [5, 5.41) is 3.28. The molecule has 1 unspecified atom stereocenters. The number of hydrogen-bond donors (Lipinski definition) is 1. The van der Waals surface area contributed by atoms with Crippen LogP contribution >= 0.6 is 0 Å². The zero-order chi connectivity index (χ0) is 25.8. The van der Waals surface area contributed by atoms with Crippen LogP contribution in [0.25, 0.3) is 10.9 Å². The summed E-state index contributed by atoms with van der Waals surface area (Å²) >= 11 is 0. The molecule has 2 fully saturated rings. The lowest BCUT2D eigenvalue weighted by Gasteiger charge is -2.36. The fraction of sp³-hybridized carbons (Fsp3) is 0.333. The molecule has 10 heteroatoms. The SMILES string of the molecule is Cn1ccc2cc(C(=O)N3CCN(c4cc5c(cc4F)C(=O)N(C4CCC(=O)NC4=O)C5)CC3)ccc21. The van der Waals surface area contributed by atoms with E-state index in [1.54, 1.807) is 11.0 Å². The third-order valence-electron chi connectivity index (χ3n) is 7.63. The number of fused-ring (bicyclic) bond motifs is 2. The number of carbonyl (C=O) groups excluding carboxylic acids is 4. The molecule has 0 bridgehead atoms. The van der Waals surface area contributed by atoms with Crippen molar-refractivity contribution in [1.29, 1.82) is 0 Å². The number of halogens is 1.